The first-order valence-electron chi connectivity index (χ1n) is 7.68. The number of hydrazine groups is 1. The summed E-state index contributed by atoms with van der Waals surface area (Å²) in [7, 11) is 0. The molecule has 0 spiro atoms. The average molecular weight is 339 g/mol. The summed E-state index contributed by atoms with van der Waals surface area (Å²) in [4.78, 5) is 33.0. The summed E-state index contributed by atoms with van der Waals surface area (Å²) >= 11 is 0. The molecule has 8 nitrogen and oxygen atoms in total. The maximum atomic E-state index is 12.1. The van der Waals surface area contributed by atoms with E-state index in [1.165, 1.54) is 0 Å². The van der Waals surface area contributed by atoms with Gasteiger partial charge in [-0.25, -0.2) is 10.2 Å². The van der Waals surface area contributed by atoms with Crippen molar-refractivity contribution < 1.29 is 14.4 Å². The highest BCUT2D eigenvalue weighted by Gasteiger charge is 2.29. The molecule has 3 N–H and O–H groups in total. The summed E-state index contributed by atoms with van der Waals surface area (Å²) in [6.07, 6.45) is 2.81. The molecule has 0 radical (unpaired) electrons. The molecule has 0 aliphatic carbocycles. The highest BCUT2D eigenvalue weighted by atomic mass is 16.6. The van der Waals surface area contributed by atoms with E-state index in [1.54, 1.807) is 30.6 Å². The summed E-state index contributed by atoms with van der Waals surface area (Å²) in [5.74, 6) is -0.485. The molecule has 128 valence electrons. The molecule has 1 unspecified atom stereocenters. The molecule has 1 aromatic carbocycles. The Morgan fingerprint density at radius 2 is 1.96 bits per heavy atom. The fourth-order valence-corrected chi connectivity index (χ4v) is 2.22. The number of nitrogens with zero attached hydrogens (tertiary/aromatic N) is 2. The SMILES string of the molecule is Cc1ccc(NC(=O)NNC(=O)C2CC(c3cccnc3)=NO2)cc1. The predicted octanol–water partition coefficient (Wildman–Crippen LogP) is 1.74. The van der Waals surface area contributed by atoms with Crippen molar-refractivity contribution in [1.29, 1.82) is 0 Å². The van der Waals surface area contributed by atoms with Crippen LogP contribution in [0.4, 0.5) is 10.5 Å². The zero-order valence-corrected chi connectivity index (χ0v) is 13.5. The quantitative estimate of drug-likeness (QED) is 0.741. The topological polar surface area (TPSA) is 105 Å². The number of amides is 3. The van der Waals surface area contributed by atoms with Gasteiger partial charge in [0.2, 0.25) is 6.10 Å². The Balaban J connectivity index is 1.45. The second-order valence-electron chi connectivity index (χ2n) is 5.51. The molecule has 8 heteroatoms. The largest absolute Gasteiger partial charge is 0.382 e. The van der Waals surface area contributed by atoms with Gasteiger partial charge in [-0.05, 0) is 31.2 Å². The van der Waals surface area contributed by atoms with E-state index in [-0.39, 0.29) is 0 Å². The van der Waals surface area contributed by atoms with Crippen LogP contribution in [-0.4, -0.2) is 28.7 Å². The van der Waals surface area contributed by atoms with Gasteiger partial charge in [0, 0.05) is 30.1 Å². The molecule has 1 aromatic heterocycles. The maximum absolute atomic E-state index is 12.1. The average Bonchev–Trinajstić information content (AvgIpc) is 3.13. The van der Waals surface area contributed by atoms with Crippen LogP contribution in [0.15, 0.2) is 53.9 Å². The number of nitrogens with one attached hydrogen (secondary N) is 3. The lowest BCUT2D eigenvalue weighted by Crippen LogP contribution is -2.48. The van der Waals surface area contributed by atoms with Crippen molar-refractivity contribution in [3.05, 3.63) is 59.9 Å². The summed E-state index contributed by atoms with van der Waals surface area (Å²) in [5.41, 5.74) is 7.74. The van der Waals surface area contributed by atoms with E-state index in [2.05, 4.69) is 26.3 Å². The molecule has 3 rings (SSSR count). The second-order valence-corrected chi connectivity index (χ2v) is 5.51. The van der Waals surface area contributed by atoms with Crippen LogP contribution in [0.5, 0.6) is 0 Å². The third-order valence-corrected chi connectivity index (χ3v) is 3.56. The maximum Gasteiger partial charge on any atom is 0.337 e. The number of pyridine rings is 1. The zero-order chi connectivity index (χ0) is 17.6. The second kappa shape index (κ2) is 7.43. The highest BCUT2D eigenvalue weighted by molar-refractivity contribution is 6.04. The molecule has 0 saturated carbocycles. The first-order chi connectivity index (χ1) is 12.1. The number of anilines is 1. The van der Waals surface area contributed by atoms with Gasteiger partial charge in [-0.2, -0.15) is 0 Å². The molecular formula is C17H17N5O3. The minimum atomic E-state index is -0.796. The number of oxime groups is 1. The monoisotopic (exact) mass is 339 g/mol. The Labute approximate surface area is 144 Å². The molecule has 2 heterocycles. The van der Waals surface area contributed by atoms with Gasteiger partial charge in [-0.15, -0.1) is 0 Å². The van der Waals surface area contributed by atoms with Gasteiger partial charge in [0.05, 0.1) is 5.71 Å². The first kappa shape index (κ1) is 16.4. The molecule has 0 saturated heterocycles. The normalized spacial score (nSPS) is 15.7. The van der Waals surface area contributed by atoms with E-state index in [9.17, 15) is 9.59 Å². The van der Waals surface area contributed by atoms with E-state index in [4.69, 9.17) is 4.84 Å². The molecule has 3 amide bonds. The van der Waals surface area contributed by atoms with Crippen LogP contribution in [0.3, 0.4) is 0 Å². The van der Waals surface area contributed by atoms with Gasteiger partial charge < -0.3 is 10.2 Å². The summed E-state index contributed by atoms with van der Waals surface area (Å²) in [6.45, 7) is 1.95. The third kappa shape index (κ3) is 4.31. The summed E-state index contributed by atoms with van der Waals surface area (Å²) < 4.78 is 0. The first-order valence-corrected chi connectivity index (χ1v) is 7.68. The van der Waals surface area contributed by atoms with Gasteiger partial charge >= 0.3 is 6.03 Å². The van der Waals surface area contributed by atoms with Gasteiger partial charge in [-0.3, -0.25) is 15.2 Å². The molecule has 1 aliphatic rings. The molecule has 25 heavy (non-hydrogen) atoms. The Morgan fingerprint density at radius 3 is 2.68 bits per heavy atom. The zero-order valence-electron chi connectivity index (χ0n) is 13.5. The van der Waals surface area contributed by atoms with Crippen LogP contribution in [0.2, 0.25) is 0 Å². The van der Waals surface area contributed by atoms with E-state index >= 15 is 0 Å². The van der Waals surface area contributed by atoms with Crippen molar-refractivity contribution in [3.63, 3.8) is 0 Å². The van der Waals surface area contributed by atoms with Crippen LogP contribution >= 0.6 is 0 Å². The number of aromatic nitrogens is 1. The van der Waals surface area contributed by atoms with Crippen LogP contribution < -0.4 is 16.2 Å². The molecule has 2 aromatic rings. The van der Waals surface area contributed by atoms with E-state index in [0.29, 0.717) is 17.8 Å². The molecule has 1 aliphatic heterocycles. The van der Waals surface area contributed by atoms with Gasteiger partial charge in [0.1, 0.15) is 0 Å². The molecular weight excluding hydrogens is 322 g/mol. The number of urea groups is 1. The molecule has 0 bridgehead atoms. The van der Waals surface area contributed by atoms with Gasteiger partial charge in [-0.1, -0.05) is 22.9 Å². The van der Waals surface area contributed by atoms with Crippen molar-refractivity contribution in [3.8, 4) is 0 Å². The Bertz CT molecular complexity index is 790. The number of hydrogen-bond donors (Lipinski definition) is 3. The van der Waals surface area contributed by atoms with Crippen molar-refractivity contribution >= 4 is 23.3 Å². The lowest BCUT2D eigenvalue weighted by molar-refractivity contribution is -0.131. The summed E-state index contributed by atoms with van der Waals surface area (Å²) in [5, 5.41) is 6.51. The highest BCUT2D eigenvalue weighted by Crippen LogP contribution is 2.15. The van der Waals surface area contributed by atoms with E-state index in [0.717, 1.165) is 11.1 Å². The Kier molecular flexibility index (Phi) is 4.89. The fourth-order valence-electron chi connectivity index (χ4n) is 2.22. The lowest BCUT2D eigenvalue weighted by Gasteiger charge is -2.11. The fraction of sp³-hybridized carbons (Fsp3) is 0.176. The van der Waals surface area contributed by atoms with Gasteiger partial charge in [0.15, 0.2) is 0 Å². The number of hydrogen-bond acceptors (Lipinski definition) is 5. The third-order valence-electron chi connectivity index (χ3n) is 3.56. The lowest BCUT2D eigenvalue weighted by atomic mass is 10.1. The van der Waals surface area contributed by atoms with Gasteiger partial charge in [0.25, 0.3) is 5.91 Å². The predicted molar refractivity (Wildman–Crippen MR) is 91.7 cm³/mol. The number of carbonyl (C=O) groups excluding carboxylic acids is 2. The van der Waals surface area contributed by atoms with Crippen LogP contribution in [-0.2, 0) is 9.63 Å². The van der Waals surface area contributed by atoms with E-state index < -0.39 is 18.0 Å². The van der Waals surface area contributed by atoms with Crippen molar-refractivity contribution in [1.82, 2.24) is 15.8 Å². The van der Waals surface area contributed by atoms with Crippen molar-refractivity contribution in [2.45, 2.75) is 19.4 Å². The number of carbonyl (C=O) groups is 2. The molecule has 0 fully saturated rings. The minimum absolute atomic E-state index is 0.304. The Hall–Kier alpha value is -3.42. The number of benzene rings is 1. The standard InChI is InChI=1S/C17H17N5O3/c1-11-4-6-13(7-5-11)19-17(24)21-20-16(23)15-9-14(22-25-15)12-3-2-8-18-10-12/h2-8,10,15H,9H2,1H3,(H,20,23)(H2,19,21,24). The smallest absolute Gasteiger partial charge is 0.337 e. The Morgan fingerprint density at radius 1 is 1.16 bits per heavy atom. The summed E-state index contributed by atoms with van der Waals surface area (Å²) in [6, 6.07) is 10.3. The van der Waals surface area contributed by atoms with Crippen molar-refractivity contribution in [2.24, 2.45) is 5.16 Å². The number of rotatable bonds is 3. The van der Waals surface area contributed by atoms with Crippen LogP contribution in [0, 0.1) is 6.92 Å². The minimum Gasteiger partial charge on any atom is -0.382 e. The van der Waals surface area contributed by atoms with Crippen LogP contribution in [0.1, 0.15) is 17.5 Å². The van der Waals surface area contributed by atoms with E-state index in [1.807, 2.05) is 25.1 Å². The van der Waals surface area contributed by atoms with Crippen molar-refractivity contribution in [2.75, 3.05) is 5.32 Å². The molecule has 1 atom stereocenters. The van der Waals surface area contributed by atoms with Crippen LogP contribution in [0.25, 0.3) is 0 Å². The number of aryl methyl sites for hydroxylation is 1.